The number of hydrogen-bond donors (Lipinski definition) is 1. The van der Waals surface area contributed by atoms with E-state index in [1.165, 1.54) is 0 Å². The highest BCUT2D eigenvalue weighted by Crippen LogP contribution is 2.21. The minimum Gasteiger partial charge on any atom is -0.355 e. The third kappa shape index (κ3) is 1.91. The largest absolute Gasteiger partial charge is 0.355 e. The van der Waals surface area contributed by atoms with Crippen molar-refractivity contribution in [3.8, 4) is 0 Å². The van der Waals surface area contributed by atoms with Gasteiger partial charge in [-0.2, -0.15) is 0 Å². The number of imide groups is 1. The van der Waals surface area contributed by atoms with E-state index < -0.39 is 11.8 Å². The number of benzene rings is 1. The van der Waals surface area contributed by atoms with Crippen LogP contribution in [0.5, 0.6) is 0 Å². The highest BCUT2D eigenvalue weighted by atomic mass is 16.2. The summed E-state index contributed by atoms with van der Waals surface area (Å²) in [6.45, 7) is 2.03. The van der Waals surface area contributed by atoms with Crippen LogP contribution in [0.3, 0.4) is 0 Å². The molecule has 0 radical (unpaired) electrons. The molecule has 17 heavy (non-hydrogen) atoms. The standard InChI is InChI=1S/C12H12N2O3/c1-2-13-10(15)7-14-11(16)8-5-3-4-6-9(8)12(14)17/h3-6H,2,7H2,1H3,(H,13,15). The molecule has 5 heteroatoms. The summed E-state index contributed by atoms with van der Waals surface area (Å²) in [5.41, 5.74) is 0.726. The molecule has 0 saturated heterocycles. The Kier molecular flexibility index (Phi) is 2.91. The van der Waals surface area contributed by atoms with Gasteiger partial charge in [-0.05, 0) is 19.1 Å². The van der Waals surface area contributed by atoms with Crippen LogP contribution in [0.2, 0.25) is 0 Å². The van der Waals surface area contributed by atoms with Gasteiger partial charge in [-0.25, -0.2) is 0 Å². The molecule has 1 aliphatic rings. The first-order valence-corrected chi connectivity index (χ1v) is 5.37. The van der Waals surface area contributed by atoms with Crippen LogP contribution >= 0.6 is 0 Å². The van der Waals surface area contributed by atoms with Crippen LogP contribution in [0.25, 0.3) is 0 Å². The average molecular weight is 232 g/mol. The Bertz CT molecular complexity index is 461. The summed E-state index contributed by atoms with van der Waals surface area (Å²) in [5, 5.41) is 2.56. The number of fused-ring (bicyclic) bond motifs is 1. The minimum atomic E-state index is -0.406. The molecule has 0 saturated carbocycles. The summed E-state index contributed by atoms with van der Waals surface area (Å²) in [6.07, 6.45) is 0. The van der Waals surface area contributed by atoms with E-state index in [0.29, 0.717) is 17.7 Å². The Balaban J connectivity index is 2.22. The fourth-order valence-electron chi connectivity index (χ4n) is 1.78. The van der Waals surface area contributed by atoms with Gasteiger partial charge in [0.25, 0.3) is 11.8 Å². The van der Waals surface area contributed by atoms with Crippen molar-refractivity contribution in [1.29, 1.82) is 0 Å². The third-order valence-corrected chi connectivity index (χ3v) is 2.55. The van der Waals surface area contributed by atoms with Crippen molar-refractivity contribution < 1.29 is 14.4 Å². The van der Waals surface area contributed by atoms with Gasteiger partial charge >= 0.3 is 0 Å². The van der Waals surface area contributed by atoms with Crippen LogP contribution in [-0.4, -0.2) is 35.7 Å². The molecule has 1 aromatic rings. The van der Waals surface area contributed by atoms with Gasteiger partial charge < -0.3 is 5.32 Å². The number of hydrogen-bond acceptors (Lipinski definition) is 3. The Labute approximate surface area is 98.4 Å². The Morgan fingerprint density at radius 2 is 1.71 bits per heavy atom. The number of nitrogens with zero attached hydrogens (tertiary/aromatic N) is 1. The zero-order valence-electron chi connectivity index (χ0n) is 9.40. The van der Waals surface area contributed by atoms with Gasteiger partial charge in [0.2, 0.25) is 5.91 Å². The second-order valence-electron chi connectivity index (χ2n) is 3.70. The SMILES string of the molecule is CCNC(=O)CN1C(=O)c2ccccc2C1=O. The van der Waals surface area contributed by atoms with Crippen molar-refractivity contribution >= 4 is 17.7 Å². The monoisotopic (exact) mass is 232 g/mol. The smallest absolute Gasteiger partial charge is 0.262 e. The summed E-state index contributed by atoms with van der Waals surface area (Å²) < 4.78 is 0. The molecule has 1 heterocycles. The lowest BCUT2D eigenvalue weighted by atomic mass is 10.1. The van der Waals surface area contributed by atoms with E-state index in [9.17, 15) is 14.4 Å². The lowest BCUT2D eigenvalue weighted by molar-refractivity contribution is -0.121. The van der Waals surface area contributed by atoms with E-state index in [4.69, 9.17) is 0 Å². The fourth-order valence-corrected chi connectivity index (χ4v) is 1.78. The van der Waals surface area contributed by atoms with Gasteiger partial charge in [-0.15, -0.1) is 0 Å². The van der Waals surface area contributed by atoms with Crippen LogP contribution in [0.1, 0.15) is 27.6 Å². The summed E-state index contributed by atoms with van der Waals surface area (Å²) in [7, 11) is 0. The van der Waals surface area contributed by atoms with Gasteiger partial charge in [0.05, 0.1) is 11.1 Å². The topological polar surface area (TPSA) is 66.5 Å². The maximum absolute atomic E-state index is 11.9. The Hall–Kier alpha value is -2.17. The predicted molar refractivity (Wildman–Crippen MR) is 60.5 cm³/mol. The first kappa shape index (κ1) is 11.3. The molecular formula is C12H12N2O3. The van der Waals surface area contributed by atoms with Crippen molar-refractivity contribution in [1.82, 2.24) is 10.2 Å². The number of carbonyl (C=O) groups is 3. The zero-order valence-corrected chi connectivity index (χ0v) is 9.40. The van der Waals surface area contributed by atoms with Crippen LogP contribution in [-0.2, 0) is 4.79 Å². The molecule has 88 valence electrons. The molecule has 0 fully saturated rings. The molecule has 0 aromatic heterocycles. The van der Waals surface area contributed by atoms with Gasteiger partial charge in [0.1, 0.15) is 6.54 Å². The van der Waals surface area contributed by atoms with Gasteiger partial charge in [-0.3, -0.25) is 19.3 Å². The van der Waals surface area contributed by atoms with Crippen molar-refractivity contribution in [3.05, 3.63) is 35.4 Å². The van der Waals surface area contributed by atoms with Crippen LogP contribution in [0, 0.1) is 0 Å². The van der Waals surface area contributed by atoms with Gasteiger partial charge in [0, 0.05) is 6.54 Å². The van der Waals surface area contributed by atoms with E-state index in [-0.39, 0.29) is 12.5 Å². The molecule has 2 rings (SSSR count). The molecule has 1 N–H and O–H groups in total. The maximum Gasteiger partial charge on any atom is 0.262 e. The predicted octanol–water partition coefficient (Wildman–Crippen LogP) is 0.419. The summed E-state index contributed by atoms with van der Waals surface area (Å²) in [4.78, 5) is 36.1. The highest BCUT2D eigenvalue weighted by molar-refractivity contribution is 6.22. The van der Waals surface area contributed by atoms with Crippen LogP contribution < -0.4 is 5.32 Å². The van der Waals surface area contributed by atoms with Crippen molar-refractivity contribution in [2.75, 3.05) is 13.1 Å². The van der Waals surface area contributed by atoms with Crippen LogP contribution in [0.15, 0.2) is 24.3 Å². The summed E-state index contributed by atoms with van der Waals surface area (Å²) in [6, 6.07) is 6.57. The Morgan fingerprint density at radius 3 is 2.18 bits per heavy atom. The second-order valence-corrected chi connectivity index (χ2v) is 3.70. The number of amides is 3. The number of likely N-dealkylation sites (N-methyl/N-ethyl adjacent to an activating group) is 1. The minimum absolute atomic E-state index is 0.222. The van der Waals surface area contributed by atoms with Crippen molar-refractivity contribution in [3.63, 3.8) is 0 Å². The molecule has 0 bridgehead atoms. The van der Waals surface area contributed by atoms with Crippen molar-refractivity contribution in [2.24, 2.45) is 0 Å². The number of carbonyl (C=O) groups excluding carboxylic acids is 3. The van der Waals surface area contributed by atoms with E-state index in [2.05, 4.69) is 5.32 Å². The maximum atomic E-state index is 11.9. The molecule has 5 nitrogen and oxygen atoms in total. The third-order valence-electron chi connectivity index (χ3n) is 2.55. The van der Waals surface area contributed by atoms with Crippen molar-refractivity contribution in [2.45, 2.75) is 6.92 Å². The van der Waals surface area contributed by atoms with Gasteiger partial charge in [-0.1, -0.05) is 12.1 Å². The van der Waals surface area contributed by atoms with E-state index in [1.54, 1.807) is 31.2 Å². The lowest BCUT2D eigenvalue weighted by Gasteiger charge is -2.12. The molecule has 3 amide bonds. The van der Waals surface area contributed by atoms with E-state index in [0.717, 1.165) is 4.90 Å². The normalized spacial score (nSPS) is 13.8. The number of nitrogens with one attached hydrogen (secondary N) is 1. The highest BCUT2D eigenvalue weighted by Gasteiger charge is 2.35. The lowest BCUT2D eigenvalue weighted by Crippen LogP contribution is -2.40. The first-order chi connectivity index (χ1) is 8.15. The van der Waals surface area contributed by atoms with E-state index >= 15 is 0 Å². The first-order valence-electron chi connectivity index (χ1n) is 5.37. The zero-order chi connectivity index (χ0) is 12.4. The molecule has 1 aliphatic heterocycles. The molecule has 0 unspecified atom stereocenters. The van der Waals surface area contributed by atoms with Crippen LogP contribution in [0.4, 0.5) is 0 Å². The molecule has 0 aliphatic carbocycles. The summed E-state index contributed by atoms with van der Waals surface area (Å²) >= 11 is 0. The summed E-state index contributed by atoms with van der Waals surface area (Å²) in [5.74, 6) is -1.14. The molecular weight excluding hydrogens is 220 g/mol. The molecule has 0 spiro atoms. The molecule has 1 aromatic carbocycles. The van der Waals surface area contributed by atoms with E-state index in [1.807, 2.05) is 0 Å². The quantitative estimate of drug-likeness (QED) is 0.768. The average Bonchev–Trinajstić information content (AvgIpc) is 2.56. The number of rotatable bonds is 3. The molecule has 0 atom stereocenters. The van der Waals surface area contributed by atoms with Gasteiger partial charge in [0.15, 0.2) is 0 Å². The fraction of sp³-hybridized carbons (Fsp3) is 0.250. The Morgan fingerprint density at radius 1 is 1.18 bits per heavy atom. The second kappa shape index (κ2) is 4.37.